The highest BCUT2D eigenvalue weighted by Crippen LogP contribution is 2.36. The third-order valence-corrected chi connectivity index (χ3v) is 5.28. The standard InChI is InChI=1S/C18H20Br2N2/c1-3-14(8-9-21-2)22-17-10-12(19)4-6-15(17)16-7-5-13(20)11-18(16)22/h4-7,10-11,14,21H,3,8-9H2,1-2H3. The number of fused-ring (bicyclic) bond motifs is 3. The van der Waals surface area contributed by atoms with E-state index in [1.807, 2.05) is 7.05 Å². The van der Waals surface area contributed by atoms with Gasteiger partial charge in [-0.25, -0.2) is 0 Å². The zero-order valence-electron chi connectivity index (χ0n) is 12.9. The zero-order chi connectivity index (χ0) is 15.7. The van der Waals surface area contributed by atoms with Crippen molar-refractivity contribution in [1.82, 2.24) is 9.88 Å². The molecule has 1 aromatic heterocycles. The fourth-order valence-corrected chi connectivity index (χ4v) is 3.91. The van der Waals surface area contributed by atoms with E-state index in [9.17, 15) is 0 Å². The van der Waals surface area contributed by atoms with Gasteiger partial charge in [0, 0.05) is 25.8 Å². The minimum Gasteiger partial charge on any atom is -0.337 e. The molecule has 1 heterocycles. The highest BCUT2D eigenvalue weighted by molar-refractivity contribution is 9.10. The summed E-state index contributed by atoms with van der Waals surface area (Å²) in [4.78, 5) is 0. The molecule has 4 heteroatoms. The summed E-state index contributed by atoms with van der Waals surface area (Å²) < 4.78 is 4.77. The molecule has 0 fully saturated rings. The first kappa shape index (κ1) is 16.0. The van der Waals surface area contributed by atoms with Crippen molar-refractivity contribution in [2.75, 3.05) is 13.6 Å². The Balaban J connectivity index is 2.31. The Labute approximate surface area is 148 Å². The topological polar surface area (TPSA) is 17.0 Å². The van der Waals surface area contributed by atoms with Crippen molar-refractivity contribution >= 4 is 53.7 Å². The van der Waals surface area contributed by atoms with Crippen LogP contribution in [-0.2, 0) is 0 Å². The number of halogens is 2. The Morgan fingerprint density at radius 1 is 1.00 bits per heavy atom. The molecule has 0 bridgehead atoms. The molecule has 3 aromatic rings. The van der Waals surface area contributed by atoms with Gasteiger partial charge in [0.2, 0.25) is 0 Å². The lowest BCUT2D eigenvalue weighted by molar-refractivity contribution is 0.467. The van der Waals surface area contributed by atoms with Crippen LogP contribution in [0.1, 0.15) is 25.8 Å². The monoisotopic (exact) mass is 422 g/mol. The molecule has 0 radical (unpaired) electrons. The maximum Gasteiger partial charge on any atom is 0.0505 e. The van der Waals surface area contributed by atoms with E-state index < -0.39 is 0 Å². The van der Waals surface area contributed by atoms with Gasteiger partial charge in [0.1, 0.15) is 0 Å². The Morgan fingerprint density at radius 2 is 1.55 bits per heavy atom. The van der Waals surface area contributed by atoms with Crippen LogP contribution in [0.4, 0.5) is 0 Å². The molecular formula is C18H20Br2N2. The molecule has 1 N–H and O–H groups in total. The van der Waals surface area contributed by atoms with Gasteiger partial charge in [-0.2, -0.15) is 0 Å². The molecule has 1 unspecified atom stereocenters. The molecule has 0 saturated carbocycles. The third kappa shape index (κ3) is 2.84. The zero-order valence-corrected chi connectivity index (χ0v) is 16.0. The lowest BCUT2D eigenvalue weighted by Gasteiger charge is -2.20. The molecule has 22 heavy (non-hydrogen) atoms. The van der Waals surface area contributed by atoms with Crippen molar-refractivity contribution in [3.63, 3.8) is 0 Å². The summed E-state index contributed by atoms with van der Waals surface area (Å²) in [6, 6.07) is 13.7. The summed E-state index contributed by atoms with van der Waals surface area (Å²) in [5, 5.41) is 5.94. The number of nitrogens with zero attached hydrogens (tertiary/aromatic N) is 1. The van der Waals surface area contributed by atoms with Crippen LogP contribution in [0.5, 0.6) is 0 Å². The van der Waals surface area contributed by atoms with Crippen LogP contribution in [-0.4, -0.2) is 18.2 Å². The van der Waals surface area contributed by atoms with E-state index in [4.69, 9.17) is 0 Å². The largest absolute Gasteiger partial charge is 0.337 e. The highest BCUT2D eigenvalue weighted by Gasteiger charge is 2.17. The molecule has 0 amide bonds. The summed E-state index contributed by atoms with van der Waals surface area (Å²) >= 11 is 7.25. The predicted molar refractivity (Wildman–Crippen MR) is 103 cm³/mol. The third-order valence-electron chi connectivity index (χ3n) is 4.29. The Morgan fingerprint density at radius 3 is 2.00 bits per heavy atom. The van der Waals surface area contributed by atoms with Crippen LogP contribution in [0.3, 0.4) is 0 Å². The van der Waals surface area contributed by atoms with Crippen molar-refractivity contribution in [3.8, 4) is 0 Å². The molecule has 0 aliphatic heterocycles. The second kappa shape index (κ2) is 6.73. The molecule has 0 spiro atoms. The summed E-state index contributed by atoms with van der Waals surface area (Å²) in [6.07, 6.45) is 2.25. The van der Waals surface area contributed by atoms with E-state index in [1.54, 1.807) is 0 Å². The number of benzene rings is 2. The number of rotatable bonds is 5. The van der Waals surface area contributed by atoms with Crippen LogP contribution >= 0.6 is 31.9 Å². The Bertz CT molecular complexity index is 748. The van der Waals surface area contributed by atoms with E-state index >= 15 is 0 Å². The first-order valence-corrected chi connectivity index (χ1v) is 9.27. The summed E-state index contributed by atoms with van der Waals surface area (Å²) in [6.45, 7) is 3.30. The molecule has 2 aromatic carbocycles. The smallest absolute Gasteiger partial charge is 0.0505 e. The highest BCUT2D eigenvalue weighted by atomic mass is 79.9. The molecule has 0 aliphatic carbocycles. The average molecular weight is 424 g/mol. The molecule has 0 aliphatic rings. The summed E-state index contributed by atoms with van der Waals surface area (Å²) in [5.74, 6) is 0. The van der Waals surface area contributed by atoms with Crippen molar-refractivity contribution in [2.45, 2.75) is 25.8 Å². The van der Waals surface area contributed by atoms with E-state index in [1.165, 1.54) is 21.8 Å². The van der Waals surface area contributed by atoms with Crippen molar-refractivity contribution in [3.05, 3.63) is 45.3 Å². The maximum atomic E-state index is 3.63. The lowest BCUT2D eigenvalue weighted by Crippen LogP contribution is -2.16. The van der Waals surface area contributed by atoms with Gasteiger partial charge in [0.15, 0.2) is 0 Å². The SMILES string of the molecule is CCC(CCNC)n1c2cc(Br)ccc2c2ccc(Br)cc21. The number of aromatic nitrogens is 1. The van der Waals surface area contributed by atoms with Gasteiger partial charge >= 0.3 is 0 Å². The predicted octanol–water partition coefficient (Wildman–Crippen LogP) is 5.88. The number of nitrogens with one attached hydrogen (secondary N) is 1. The quantitative estimate of drug-likeness (QED) is 0.542. The molecule has 1 atom stereocenters. The van der Waals surface area contributed by atoms with Gasteiger partial charge in [-0.05, 0) is 50.7 Å². The Kier molecular flexibility index (Phi) is 4.91. The van der Waals surface area contributed by atoms with Crippen LogP contribution in [0.15, 0.2) is 45.3 Å². The van der Waals surface area contributed by atoms with E-state index in [0.717, 1.165) is 28.3 Å². The number of hydrogen-bond donors (Lipinski definition) is 1. The lowest BCUT2D eigenvalue weighted by atomic mass is 10.1. The van der Waals surface area contributed by atoms with Gasteiger partial charge in [0.25, 0.3) is 0 Å². The minimum atomic E-state index is 0.496. The molecular weight excluding hydrogens is 404 g/mol. The van der Waals surface area contributed by atoms with Gasteiger partial charge in [-0.15, -0.1) is 0 Å². The van der Waals surface area contributed by atoms with Crippen molar-refractivity contribution < 1.29 is 0 Å². The fraction of sp³-hybridized carbons (Fsp3) is 0.333. The van der Waals surface area contributed by atoms with Gasteiger partial charge in [-0.1, -0.05) is 50.9 Å². The van der Waals surface area contributed by atoms with E-state index in [-0.39, 0.29) is 0 Å². The second-order valence-corrected chi connectivity index (χ2v) is 7.48. The molecule has 3 rings (SSSR count). The van der Waals surface area contributed by atoms with Crippen LogP contribution in [0.2, 0.25) is 0 Å². The first-order chi connectivity index (χ1) is 10.7. The minimum absolute atomic E-state index is 0.496. The fourth-order valence-electron chi connectivity index (χ4n) is 3.21. The van der Waals surface area contributed by atoms with Gasteiger partial charge in [0.05, 0.1) is 11.0 Å². The maximum absolute atomic E-state index is 3.63. The Hall–Kier alpha value is -0.840. The van der Waals surface area contributed by atoms with Gasteiger partial charge < -0.3 is 9.88 Å². The molecule has 2 nitrogen and oxygen atoms in total. The normalized spacial score (nSPS) is 13.1. The van der Waals surface area contributed by atoms with Crippen LogP contribution < -0.4 is 5.32 Å². The average Bonchev–Trinajstić information content (AvgIpc) is 2.81. The van der Waals surface area contributed by atoms with E-state index in [2.05, 4.69) is 85.1 Å². The second-order valence-electron chi connectivity index (χ2n) is 5.65. The van der Waals surface area contributed by atoms with Crippen LogP contribution in [0, 0.1) is 0 Å². The number of hydrogen-bond acceptors (Lipinski definition) is 1. The molecule has 116 valence electrons. The summed E-state index contributed by atoms with van der Waals surface area (Å²) in [7, 11) is 2.02. The first-order valence-electron chi connectivity index (χ1n) is 7.69. The molecule has 0 saturated heterocycles. The summed E-state index contributed by atoms with van der Waals surface area (Å²) in [5.41, 5.74) is 2.62. The van der Waals surface area contributed by atoms with Crippen molar-refractivity contribution in [1.29, 1.82) is 0 Å². The van der Waals surface area contributed by atoms with Crippen molar-refractivity contribution in [2.24, 2.45) is 0 Å². The van der Waals surface area contributed by atoms with E-state index in [0.29, 0.717) is 6.04 Å². The van der Waals surface area contributed by atoms with Gasteiger partial charge in [-0.3, -0.25) is 0 Å². The van der Waals surface area contributed by atoms with Crippen LogP contribution in [0.25, 0.3) is 21.8 Å².